The van der Waals surface area contributed by atoms with Crippen molar-refractivity contribution < 1.29 is 14.9 Å². The van der Waals surface area contributed by atoms with Crippen LogP contribution >= 0.6 is 0 Å². The Morgan fingerprint density at radius 2 is 1.96 bits per heavy atom. The van der Waals surface area contributed by atoms with Gasteiger partial charge < -0.3 is 14.9 Å². The van der Waals surface area contributed by atoms with Gasteiger partial charge in [0.05, 0.1) is 7.11 Å². The maximum atomic E-state index is 10.8. The first kappa shape index (κ1) is 16.7. The number of phenols is 2. The summed E-state index contributed by atoms with van der Waals surface area (Å²) in [5, 5.41) is 21.2. The van der Waals surface area contributed by atoms with Crippen LogP contribution in [0.2, 0.25) is 0 Å². The maximum Gasteiger partial charge on any atom is 0.200 e. The lowest BCUT2D eigenvalue weighted by atomic mass is 9.52. The number of aromatic hydroxyl groups is 2. The monoisotopic (exact) mass is 357 g/mol. The molecule has 4 heteroatoms. The first-order valence-corrected chi connectivity index (χ1v) is 10.5. The molecular formula is C22H31NO3. The van der Waals surface area contributed by atoms with Gasteiger partial charge in [-0.2, -0.15) is 0 Å². The highest BCUT2D eigenvalue weighted by atomic mass is 16.5. The van der Waals surface area contributed by atoms with Gasteiger partial charge in [-0.25, -0.2) is 0 Å². The average molecular weight is 357 g/mol. The topological polar surface area (TPSA) is 52.9 Å². The summed E-state index contributed by atoms with van der Waals surface area (Å²) >= 11 is 0. The highest BCUT2D eigenvalue weighted by Crippen LogP contribution is 2.59. The number of methoxy groups -OCH3 is 1. The van der Waals surface area contributed by atoms with Crippen LogP contribution < -0.4 is 4.74 Å². The summed E-state index contributed by atoms with van der Waals surface area (Å²) in [4.78, 5) is 2.74. The molecule has 3 atom stereocenters. The number of rotatable bonds is 3. The van der Waals surface area contributed by atoms with Crippen molar-refractivity contribution in [3.05, 3.63) is 17.2 Å². The number of benzene rings is 1. The van der Waals surface area contributed by atoms with E-state index in [2.05, 4.69) is 4.90 Å². The highest BCUT2D eigenvalue weighted by molar-refractivity contribution is 5.61. The Labute approximate surface area is 156 Å². The molecule has 1 saturated heterocycles. The largest absolute Gasteiger partial charge is 0.504 e. The van der Waals surface area contributed by atoms with Gasteiger partial charge in [-0.3, -0.25) is 4.90 Å². The molecule has 0 aromatic heterocycles. The maximum absolute atomic E-state index is 10.8. The van der Waals surface area contributed by atoms with Crippen LogP contribution in [0.4, 0.5) is 0 Å². The molecule has 2 bridgehead atoms. The van der Waals surface area contributed by atoms with Crippen molar-refractivity contribution >= 4 is 0 Å². The van der Waals surface area contributed by atoms with Crippen molar-refractivity contribution in [2.45, 2.75) is 69.2 Å². The van der Waals surface area contributed by atoms with Crippen molar-refractivity contribution in [3.8, 4) is 17.2 Å². The summed E-state index contributed by atoms with van der Waals surface area (Å²) in [5.41, 5.74) is 2.43. The molecule has 1 aliphatic heterocycles. The number of ether oxygens (including phenoxy) is 1. The third-order valence-corrected chi connectivity index (χ3v) is 8.11. The Kier molecular flexibility index (Phi) is 3.89. The second-order valence-electron chi connectivity index (χ2n) is 9.12. The van der Waals surface area contributed by atoms with Crippen LogP contribution in [0.15, 0.2) is 6.07 Å². The summed E-state index contributed by atoms with van der Waals surface area (Å²) in [6.45, 7) is 2.41. The molecule has 4 nitrogen and oxygen atoms in total. The van der Waals surface area contributed by atoms with E-state index in [1.165, 1.54) is 70.0 Å². The summed E-state index contributed by atoms with van der Waals surface area (Å²) in [5.74, 6) is 1.98. The van der Waals surface area contributed by atoms with Crippen LogP contribution in [0.3, 0.4) is 0 Å². The third-order valence-electron chi connectivity index (χ3n) is 8.11. The molecule has 4 aliphatic rings. The number of piperidine rings is 1. The predicted molar refractivity (Wildman–Crippen MR) is 101 cm³/mol. The van der Waals surface area contributed by atoms with E-state index in [1.54, 1.807) is 7.11 Å². The molecule has 2 saturated carbocycles. The minimum Gasteiger partial charge on any atom is -0.504 e. The number of hydrogen-bond acceptors (Lipinski definition) is 4. The average Bonchev–Trinajstić information content (AvgIpc) is 2.62. The van der Waals surface area contributed by atoms with Gasteiger partial charge in [-0.15, -0.1) is 0 Å². The van der Waals surface area contributed by atoms with Gasteiger partial charge in [0.2, 0.25) is 5.75 Å². The lowest BCUT2D eigenvalue weighted by Gasteiger charge is -2.59. The van der Waals surface area contributed by atoms with Crippen molar-refractivity contribution in [1.82, 2.24) is 4.90 Å². The van der Waals surface area contributed by atoms with Crippen LogP contribution in [0.25, 0.3) is 0 Å². The zero-order valence-corrected chi connectivity index (χ0v) is 15.8. The van der Waals surface area contributed by atoms with E-state index in [1.807, 2.05) is 6.07 Å². The van der Waals surface area contributed by atoms with Crippen LogP contribution in [-0.2, 0) is 11.8 Å². The van der Waals surface area contributed by atoms with Crippen LogP contribution in [0.1, 0.15) is 62.5 Å². The Balaban J connectivity index is 1.59. The van der Waals surface area contributed by atoms with Crippen molar-refractivity contribution in [3.63, 3.8) is 0 Å². The van der Waals surface area contributed by atoms with Gasteiger partial charge in [-0.05, 0) is 68.5 Å². The summed E-state index contributed by atoms with van der Waals surface area (Å²) in [6.07, 6.45) is 11.3. The Hall–Kier alpha value is -1.42. The summed E-state index contributed by atoms with van der Waals surface area (Å²) < 4.78 is 5.38. The lowest BCUT2D eigenvalue weighted by Crippen LogP contribution is -2.61. The molecule has 26 heavy (non-hydrogen) atoms. The van der Waals surface area contributed by atoms with E-state index in [0.29, 0.717) is 17.7 Å². The molecule has 3 fully saturated rings. The number of phenolic OH excluding ortho intramolecular Hbond substituents is 2. The van der Waals surface area contributed by atoms with E-state index in [-0.39, 0.29) is 16.9 Å². The summed E-state index contributed by atoms with van der Waals surface area (Å²) in [7, 11) is 1.57. The predicted octanol–water partition coefficient (Wildman–Crippen LogP) is 3.96. The molecule has 2 N–H and O–H groups in total. The minimum absolute atomic E-state index is 0.0678. The molecule has 1 aromatic carbocycles. The Morgan fingerprint density at radius 3 is 2.69 bits per heavy atom. The molecule has 0 unspecified atom stereocenters. The second-order valence-corrected chi connectivity index (χ2v) is 9.12. The number of likely N-dealkylation sites (tertiary alicyclic amines) is 1. The molecule has 0 spiro atoms. The van der Waals surface area contributed by atoms with Crippen molar-refractivity contribution in [2.75, 3.05) is 20.2 Å². The summed E-state index contributed by atoms with van der Waals surface area (Å²) in [6, 6.07) is 2.57. The van der Waals surface area contributed by atoms with Gasteiger partial charge in [-0.1, -0.05) is 19.3 Å². The normalized spacial score (nSPS) is 33.9. The van der Waals surface area contributed by atoms with Gasteiger partial charge in [0.15, 0.2) is 11.5 Å². The van der Waals surface area contributed by atoms with E-state index in [4.69, 9.17) is 4.74 Å². The van der Waals surface area contributed by atoms with Crippen LogP contribution in [0.5, 0.6) is 17.2 Å². The quantitative estimate of drug-likeness (QED) is 0.804. The zero-order valence-electron chi connectivity index (χ0n) is 15.8. The van der Waals surface area contributed by atoms with E-state index in [0.717, 1.165) is 17.9 Å². The van der Waals surface area contributed by atoms with Gasteiger partial charge in [0.25, 0.3) is 0 Å². The Bertz CT molecular complexity index is 714. The Morgan fingerprint density at radius 1 is 1.12 bits per heavy atom. The molecule has 5 rings (SSSR count). The van der Waals surface area contributed by atoms with Gasteiger partial charge in [0, 0.05) is 23.6 Å². The fourth-order valence-electron chi connectivity index (χ4n) is 6.56. The second kappa shape index (κ2) is 6.05. The molecule has 0 amide bonds. The minimum atomic E-state index is -0.0828. The smallest absolute Gasteiger partial charge is 0.200 e. The highest BCUT2D eigenvalue weighted by Gasteiger charge is 2.55. The fourth-order valence-corrected chi connectivity index (χ4v) is 6.56. The SMILES string of the molecule is COc1cc2c(c(O)c1O)C[C@@H]1[C@@H]3CCCC[C@]23CCN1CC1CCC1. The number of fused-ring (bicyclic) bond motifs is 1. The van der Waals surface area contributed by atoms with Crippen LogP contribution in [-0.4, -0.2) is 41.4 Å². The van der Waals surface area contributed by atoms with Gasteiger partial charge in [0.1, 0.15) is 0 Å². The first-order chi connectivity index (χ1) is 12.6. The molecule has 0 radical (unpaired) electrons. The van der Waals surface area contributed by atoms with E-state index < -0.39 is 0 Å². The molecule has 142 valence electrons. The third kappa shape index (κ3) is 2.24. The van der Waals surface area contributed by atoms with Crippen molar-refractivity contribution in [1.29, 1.82) is 0 Å². The van der Waals surface area contributed by atoms with Crippen molar-refractivity contribution in [2.24, 2.45) is 11.8 Å². The molecule has 3 aliphatic carbocycles. The van der Waals surface area contributed by atoms with E-state index >= 15 is 0 Å². The molecular weight excluding hydrogens is 326 g/mol. The zero-order chi connectivity index (χ0) is 17.9. The first-order valence-electron chi connectivity index (χ1n) is 10.5. The van der Waals surface area contributed by atoms with Gasteiger partial charge >= 0.3 is 0 Å². The van der Waals surface area contributed by atoms with Crippen LogP contribution in [0, 0.1) is 11.8 Å². The fraction of sp³-hybridized carbons (Fsp3) is 0.727. The lowest BCUT2D eigenvalue weighted by molar-refractivity contribution is -0.0246. The standard InChI is InChI=1S/C22H31NO3/c1-26-19-12-17-15(20(24)21(19)25)11-18-16-7-2-3-8-22(16,17)9-10-23(18)13-14-5-4-6-14/h12,14,16,18,24-25H,2-11,13H2,1H3/t16-,18+,22+/m0/s1. The van der Waals surface area contributed by atoms with E-state index in [9.17, 15) is 10.2 Å². The molecule has 1 aromatic rings. The number of nitrogens with zero attached hydrogens (tertiary/aromatic N) is 1. The number of hydrogen-bond donors (Lipinski definition) is 2. The molecule has 1 heterocycles.